The van der Waals surface area contributed by atoms with E-state index in [0.717, 1.165) is 32.2 Å². The fourth-order valence-electron chi connectivity index (χ4n) is 2.44. The minimum atomic E-state index is -0.433. The molecule has 1 N–H and O–H groups in total. The molecule has 0 spiro atoms. The Kier molecular flexibility index (Phi) is 7.75. The van der Waals surface area contributed by atoms with Gasteiger partial charge in [-0.2, -0.15) is 0 Å². The predicted molar refractivity (Wildman–Crippen MR) is 80.9 cm³/mol. The lowest BCUT2D eigenvalue weighted by atomic mass is 9.97. The van der Waals surface area contributed by atoms with Crippen LogP contribution in [0.2, 0.25) is 0 Å². The number of halogens is 2. The van der Waals surface area contributed by atoms with Crippen molar-refractivity contribution in [3.05, 3.63) is 34.9 Å². The standard InChI is InChI=1S/C17H27F2N/c1-4-6-7-8-9-15(20-12-5-2)16-14(18)11-10-13(3)17(16)19/h10-11,15,20H,4-9,12H2,1-3H3. The Morgan fingerprint density at radius 2 is 1.80 bits per heavy atom. The van der Waals surface area contributed by atoms with Gasteiger partial charge in [0.15, 0.2) is 0 Å². The van der Waals surface area contributed by atoms with E-state index in [0.29, 0.717) is 5.56 Å². The van der Waals surface area contributed by atoms with Gasteiger partial charge in [-0.1, -0.05) is 45.6 Å². The quantitative estimate of drug-likeness (QED) is 0.608. The van der Waals surface area contributed by atoms with Crippen molar-refractivity contribution in [1.82, 2.24) is 5.32 Å². The van der Waals surface area contributed by atoms with Gasteiger partial charge in [0.1, 0.15) is 11.6 Å². The van der Waals surface area contributed by atoms with Crippen molar-refractivity contribution in [3.63, 3.8) is 0 Å². The van der Waals surface area contributed by atoms with E-state index >= 15 is 0 Å². The van der Waals surface area contributed by atoms with E-state index in [1.54, 1.807) is 6.92 Å². The fraction of sp³-hybridized carbons (Fsp3) is 0.647. The zero-order valence-electron chi connectivity index (χ0n) is 12.9. The molecule has 1 unspecified atom stereocenters. The van der Waals surface area contributed by atoms with Crippen LogP contribution in [-0.2, 0) is 0 Å². The molecule has 0 amide bonds. The summed E-state index contributed by atoms with van der Waals surface area (Å²) in [7, 11) is 0. The van der Waals surface area contributed by atoms with Crippen molar-refractivity contribution >= 4 is 0 Å². The van der Waals surface area contributed by atoms with Crippen molar-refractivity contribution in [1.29, 1.82) is 0 Å². The Labute approximate surface area is 121 Å². The molecule has 1 aromatic rings. The fourth-order valence-corrected chi connectivity index (χ4v) is 2.44. The molecule has 0 saturated heterocycles. The number of nitrogens with one attached hydrogen (secondary N) is 1. The van der Waals surface area contributed by atoms with Gasteiger partial charge in [0.2, 0.25) is 0 Å². The third-order valence-electron chi connectivity index (χ3n) is 3.66. The summed E-state index contributed by atoms with van der Waals surface area (Å²) in [6.45, 7) is 6.69. The van der Waals surface area contributed by atoms with E-state index in [-0.39, 0.29) is 11.6 Å². The van der Waals surface area contributed by atoms with Gasteiger partial charge in [0.05, 0.1) is 0 Å². The molecule has 20 heavy (non-hydrogen) atoms. The zero-order valence-corrected chi connectivity index (χ0v) is 12.9. The van der Waals surface area contributed by atoms with Gasteiger partial charge in [-0.15, -0.1) is 0 Å². The Bertz CT molecular complexity index is 404. The maximum Gasteiger partial charge on any atom is 0.133 e. The molecule has 0 aliphatic heterocycles. The molecule has 1 aromatic carbocycles. The summed E-state index contributed by atoms with van der Waals surface area (Å²) in [5.74, 6) is -0.828. The van der Waals surface area contributed by atoms with Crippen LogP contribution in [-0.4, -0.2) is 6.54 Å². The third-order valence-corrected chi connectivity index (χ3v) is 3.66. The minimum Gasteiger partial charge on any atom is -0.310 e. The van der Waals surface area contributed by atoms with Crippen molar-refractivity contribution in [2.45, 2.75) is 65.3 Å². The smallest absolute Gasteiger partial charge is 0.133 e. The molecule has 0 heterocycles. The zero-order chi connectivity index (χ0) is 15.0. The highest BCUT2D eigenvalue weighted by molar-refractivity contribution is 5.29. The van der Waals surface area contributed by atoms with Gasteiger partial charge in [-0.25, -0.2) is 8.78 Å². The van der Waals surface area contributed by atoms with Gasteiger partial charge in [0, 0.05) is 11.6 Å². The Balaban J connectivity index is 2.83. The van der Waals surface area contributed by atoms with Crippen LogP contribution in [0.5, 0.6) is 0 Å². The average Bonchev–Trinajstić information content (AvgIpc) is 2.44. The van der Waals surface area contributed by atoms with Crippen LogP contribution in [0.4, 0.5) is 8.78 Å². The van der Waals surface area contributed by atoms with E-state index in [1.165, 1.54) is 25.0 Å². The summed E-state index contributed by atoms with van der Waals surface area (Å²) >= 11 is 0. The van der Waals surface area contributed by atoms with Gasteiger partial charge in [-0.3, -0.25) is 0 Å². The van der Waals surface area contributed by atoms with E-state index in [2.05, 4.69) is 19.2 Å². The van der Waals surface area contributed by atoms with Crippen LogP contribution in [0.1, 0.15) is 69.5 Å². The molecule has 0 saturated carbocycles. The normalized spacial score (nSPS) is 12.7. The molecule has 0 aromatic heterocycles. The number of benzene rings is 1. The summed E-state index contributed by atoms with van der Waals surface area (Å²) < 4.78 is 28.2. The van der Waals surface area contributed by atoms with Crippen LogP contribution in [0, 0.1) is 18.6 Å². The second-order valence-corrected chi connectivity index (χ2v) is 5.45. The molecule has 0 aliphatic rings. The highest BCUT2D eigenvalue weighted by atomic mass is 19.1. The number of rotatable bonds is 9. The molecule has 0 radical (unpaired) electrons. The van der Waals surface area contributed by atoms with Crippen LogP contribution in [0.3, 0.4) is 0 Å². The highest BCUT2D eigenvalue weighted by Gasteiger charge is 2.20. The third kappa shape index (κ3) is 4.86. The molecule has 3 heteroatoms. The van der Waals surface area contributed by atoms with Gasteiger partial charge in [0.25, 0.3) is 0 Å². The molecule has 1 rings (SSSR count). The second kappa shape index (κ2) is 9.06. The Morgan fingerprint density at radius 3 is 2.45 bits per heavy atom. The summed E-state index contributed by atoms with van der Waals surface area (Å²) in [5.41, 5.74) is 0.730. The molecule has 1 nitrogen and oxygen atoms in total. The van der Waals surface area contributed by atoms with E-state index in [9.17, 15) is 8.78 Å². The van der Waals surface area contributed by atoms with Crippen molar-refractivity contribution in [2.24, 2.45) is 0 Å². The number of unbranched alkanes of at least 4 members (excludes halogenated alkanes) is 3. The number of hydrogen-bond donors (Lipinski definition) is 1. The van der Waals surface area contributed by atoms with E-state index in [4.69, 9.17) is 0 Å². The number of aryl methyl sites for hydroxylation is 1. The topological polar surface area (TPSA) is 12.0 Å². The van der Waals surface area contributed by atoms with Crippen molar-refractivity contribution < 1.29 is 8.78 Å². The van der Waals surface area contributed by atoms with Crippen LogP contribution in [0.25, 0.3) is 0 Å². The number of hydrogen-bond acceptors (Lipinski definition) is 1. The van der Waals surface area contributed by atoms with Gasteiger partial charge < -0.3 is 5.32 Å². The van der Waals surface area contributed by atoms with Gasteiger partial charge >= 0.3 is 0 Å². The highest BCUT2D eigenvalue weighted by Crippen LogP contribution is 2.27. The lowest BCUT2D eigenvalue weighted by Crippen LogP contribution is -2.24. The minimum absolute atomic E-state index is 0.216. The second-order valence-electron chi connectivity index (χ2n) is 5.45. The van der Waals surface area contributed by atoms with Crippen LogP contribution < -0.4 is 5.32 Å². The average molecular weight is 283 g/mol. The lowest BCUT2D eigenvalue weighted by molar-refractivity contribution is 0.428. The largest absolute Gasteiger partial charge is 0.310 e. The summed E-state index contributed by atoms with van der Waals surface area (Å²) in [4.78, 5) is 0. The molecule has 0 aliphatic carbocycles. The molecular weight excluding hydrogens is 256 g/mol. The molecular formula is C17H27F2N. The first kappa shape index (κ1) is 17.1. The van der Waals surface area contributed by atoms with Crippen molar-refractivity contribution in [3.8, 4) is 0 Å². The summed E-state index contributed by atoms with van der Waals surface area (Å²) in [6, 6.07) is 2.66. The first-order valence-electron chi connectivity index (χ1n) is 7.79. The van der Waals surface area contributed by atoms with E-state index < -0.39 is 11.6 Å². The van der Waals surface area contributed by atoms with E-state index in [1.807, 2.05) is 0 Å². The van der Waals surface area contributed by atoms with Crippen molar-refractivity contribution in [2.75, 3.05) is 6.54 Å². The predicted octanol–water partition coefficient (Wildman–Crippen LogP) is 5.28. The maximum atomic E-state index is 14.2. The summed E-state index contributed by atoms with van der Waals surface area (Å²) in [5, 5.41) is 3.29. The maximum absolute atomic E-state index is 14.2. The molecule has 0 fully saturated rings. The first-order chi connectivity index (χ1) is 9.61. The summed E-state index contributed by atoms with van der Waals surface area (Å²) in [6.07, 6.45) is 6.22. The van der Waals surface area contributed by atoms with Gasteiger partial charge in [-0.05, 0) is 37.9 Å². The molecule has 0 bridgehead atoms. The first-order valence-corrected chi connectivity index (χ1v) is 7.79. The SMILES string of the molecule is CCCCCCC(NCCC)c1c(F)ccc(C)c1F. The Morgan fingerprint density at radius 1 is 1.05 bits per heavy atom. The molecule has 1 atom stereocenters. The van der Waals surface area contributed by atoms with Crippen LogP contribution >= 0.6 is 0 Å². The monoisotopic (exact) mass is 283 g/mol. The Hall–Kier alpha value is -0.960. The van der Waals surface area contributed by atoms with Crippen LogP contribution in [0.15, 0.2) is 12.1 Å². The lowest BCUT2D eigenvalue weighted by Gasteiger charge is -2.21. The molecule has 114 valence electrons.